The summed E-state index contributed by atoms with van der Waals surface area (Å²) in [7, 11) is -2.39. The average molecular weight is 380 g/mol. The lowest BCUT2D eigenvalue weighted by atomic mass is 10.1. The zero-order valence-corrected chi connectivity index (χ0v) is 15.8. The van der Waals surface area contributed by atoms with Crippen LogP contribution >= 0.6 is 11.8 Å². The third-order valence-corrected chi connectivity index (χ3v) is 6.09. The average Bonchev–Trinajstić information content (AvgIpc) is 2.62. The summed E-state index contributed by atoms with van der Waals surface area (Å²) in [5.74, 6) is 0.932. The Balaban J connectivity index is 1.87. The van der Waals surface area contributed by atoms with Crippen LogP contribution in [-0.4, -0.2) is 33.8 Å². The second-order valence-corrected chi connectivity index (χ2v) is 8.27. The monoisotopic (exact) mass is 379 g/mol. The Morgan fingerprint density at radius 1 is 1.16 bits per heavy atom. The van der Waals surface area contributed by atoms with Crippen molar-refractivity contribution in [2.75, 3.05) is 19.4 Å². The second-order valence-electron chi connectivity index (χ2n) is 5.40. The summed E-state index contributed by atoms with van der Waals surface area (Å²) in [5.41, 5.74) is 2.69. The molecule has 0 aliphatic carbocycles. The number of rotatable bonds is 8. The molecule has 5 nitrogen and oxygen atoms in total. The van der Waals surface area contributed by atoms with E-state index in [0.29, 0.717) is 12.3 Å². The summed E-state index contributed by atoms with van der Waals surface area (Å²) in [5, 5.41) is 0. The summed E-state index contributed by atoms with van der Waals surface area (Å²) in [4.78, 5) is 11.6. The van der Waals surface area contributed by atoms with Crippen LogP contribution in [0.1, 0.15) is 21.5 Å². The number of carbonyl (C=O) groups excluding carboxylic acids is 1. The van der Waals surface area contributed by atoms with Gasteiger partial charge in [-0.05, 0) is 36.2 Å². The van der Waals surface area contributed by atoms with E-state index in [9.17, 15) is 13.2 Å². The molecule has 2 aromatic rings. The first-order valence-electron chi connectivity index (χ1n) is 7.74. The number of thioether (sulfide) groups is 1. The normalized spacial score (nSPS) is 11.3. The molecule has 0 spiro atoms. The van der Waals surface area contributed by atoms with Crippen LogP contribution in [0.15, 0.2) is 53.4 Å². The summed E-state index contributed by atoms with van der Waals surface area (Å²) in [6, 6.07) is 13.9. The number of benzene rings is 2. The number of carbonyl (C=O) groups is 1. The molecule has 0 saturated carbocycles. The molecule has 0 atom stereocenters. The summed E-state index contributed by atoms with van der Waals surface area (Å²) in [6.45, 7) is 2.38. The molecular weight excluding hydrogens is 358 g/mol. The van der Waals surface area contributed by atoms with Crippen molar-refractivity contribution < 1.29 is 17.9 Å². The van der Waals surface area contributed by atoms with Gasteiger partial charge in [-0.15, -0.1) is 0 Å². The molecular formula is C18H21NO4S2. The van der Waals surface area contributed by atoms with E-state index in [2.05, 4.69) is 28.5 Å². The zero-order valence-electron chi connectivity index (χ0n) is 14.2. The zero-order chi connectivity index (χ0) is 18.3. The molecule has 0 heterocycles. The van der Waals surface area contributed by atoms with E-state index in [-0.39, 0.29) is 10.5 Å². The summed E-state index contributed by atoms with van der Waals surface area (Å²) >= 11 is 1.67. The van der Waals surface area contributed by atoms with Crippen LogP contribution in [0.3, 0.4) is 0 Å². The number of methoxy groups -OCH3 is 1. The van der Waals surface area contributed by atoms with E-state index >= 15 is 0 Å². The van der Waals surface area contributed by atoms with E-state index in [4.69, 9.17) is 0 Å². The van der Waals surface area contributed by atoms with Crippen LogP contribution in [0.25, 0.3) is 0 Å². The minimum Gasteiger partial charge on any atom is -0.465 e. The number of nitrogens with one attached hydrogen (secondary N) is 1. The Labute approximate surface area is 152 Å². The molecule has 1 N–H and O–H groups in total. The van der Waals surface area contributed by atoms with Gasteiger partial charge in [-0.3, -0.25) is 0 Å². The molecule has 0 bridgehead atoms. The number of ether oxygens (including phenoxy) is 1. The SMILES string of the molecule is COC(=O)c1cccc(S(=O)(=O)NCCSCc2ccccc2C)c1. The smallest absolute Gasteiger partial charge is 0.337 e. The number of esters is 1. The van der Waals surface area contributed by atoms with Gasteiger partial charge in [-0.1, -0.05) is 30.3 Å². The molecule has 0 aromatic heterocycles. The van der Waals surface area contributed by atoms with E-state index in [0.717, 1.165) is 5.75 Å². The Hall–Kier alpha value is -1.83. The maximum atomic E-state index is 12.3. The lowest BCUT2D eigenvalue weighted by molar-refractivity contribution is 0.0600. The quantitative estimate of drug-likeness (QED) is 0.564. The van der Waals surface area contributed by atoms with Crippen LogP contribution in [0.4, 0.5) is 0 Å². The van der Waals surface area contributed by atoms with E-state index in [1.54, 1.807) is 11.8 Å². The highest BCUT2D eigenvalue weighted by molar-refractivity contribution is 7.98. The first-order valence-corrected chi connectivity index (χ1v) is 10.4. The van der Waals surface area contributed by atoms with Crippen molar-refractivity contribution in [1.29, 1.82) is 0 Å². The fourth-order valence-electron chi connectivity index (χ4n) is 2.19. The fourth-order valence-corrected chi connectivity index (χ4v) is 4.33. The fraction of sp³-hybridized carbons (Fsp3) is 0.278. The number of aryl methyl sites for hydroxylation is 1. The minimum atomic E-state index is -3.65. The number of sulfonamides is 1. The molecule has 0 aliphatic heterocycles. The van der Waals surface area contributed by atoms with Crippen LogP contribution < -0.4 is 4.72 Å². The minimum absolute atomic E-state index is 0.0549. The third kappa shape index (κ3) is 5.59. The highest BCUT2D eigenvalue weighted by Gasteiger charge is 2.16. The maximum absolute atomic E-state index is 12.3. The topological polar surface area (TPSA) is 72.5 Å². The molecule has 134 valence electrons. The predicted octanol–water partition coefficient (Wildman–Crippen LogP) is 2.99. The predicted molar refractivity (Wildman–Crippen MR) is 100 cm³/mol. The van der Waals surface area contributed by atoms with Crippen molar-refractivity contribution in [3.05, 3.63) is 65.2 Å². The highest BCUT2D eigenvalue weighted by atomic mass is 32.2. The van der Waals surface area contributed by atoms with Crippen LogP contribution in [0.5, 0.6) is 0 Å². The first-order chi connectivity index (χ1) is 11.9. The third-order valence-electron chi connectivity index (χ3n) is 3.62. The molecule has 25 heavy (non-hydrogen) atoms. The standard InChI is InChI=1S/C18H21NO4S2/c1-14-6-3-4-7-16(14)13-24-11-10-19-25(21,22)17-9-5-8-15(12-17)18(20)23-2/h3-9,12,19H,10-11,13H2,1-2H3. The van der Waals surface area contributed by atoms with Gasteiger partial charge in [-0.2, -0.15) is 11.8 Å². The lowest BCUT2D eigenvalue weighted by Crippen LogP contribution is -2.26. The second kappa shape index (κ2) is 9.03. The van der Waals surface area contributed by atoms with Crippen molar-refractivity contribution >= 4 is 27.8 Å². The van der Waals surface area contributed by atoms with Gasteiger partial charge in [0.25, 0.3) is 0 Å². The van der Waals surface area contributed by atoms with Crippen molar-refractivity contribution in [2.24, 2.45) is 0 Å². The Morgan fingerprint density at radius 3 is 2.64 bits per heavy atom. The van der Waals surface area contributed by atoms with Crippen LogP contribution in [-0.2, 0) is 20.5 Å². The molecule has 7 heteroatoms. The van der Waals surface area contributed by atoms with Gasteiger partial charge in [0.05, 0.1) is 17.6 Å². The van der Waals surface area contributed by atoms with Crippen LogP contribution in [0, 0.1) is 6.92 Å². The van der Waals surface area contributed by atoms with Crippen molar-refractivity contribution in [3.63, 3.8) is 0 Å². The van der Waals surface area contributed by atoms with Crippen molar-refractivity contribution in [1.82, 2.24) is 4.72 Å². The van der Waals surface area contributed by atoms with Gasteiger partial charge >= 0.3 is 5.97 Å². The molecule has 0 saturated heterocycles. The summed E-state index contributed by atoms with van der Waals surface area (Å²) < 4.78 is 31.8. The van der Waals surface area contributed by atoms with E-state index in [1.807, 2.05) is 12.1 Å². The largest absolute Gasteiger partial charge is 0.465 e. The molecule has 0 unspecified atom stereocenters. The molecule has 0 radical (unpaired) electrons. The van der Waals surface area contributed by atoms with Gasteiger partial charge in [0.2, 0.25) is 10.0 Å². The van der Waals surface area contributed by atoms with E-state index < -0.39 is 16.0 Å². The molecule has 2 rings (SSSR count). The van der Waals surface area contributed by atoms with Gasteiger partial charge in [-0.25, -0.2) is 17.9 Å². The van der Waals surface area contributed by atoms with Crippen molar-refractivity contribution in [3.8, 4) is 0 Å². The van der Waals surface area contributed by atoms with Gasteiger partial charge < -0.3 is 4.74 Å². The number of hydrogen-bond donors (Lipinski definition) is 1. The van der Waals surface area contributed by atoms with Gasteiger partial charge in [0.1, 0.15) is 0 Å². The molecule has 0 fully saturated rings. The van der Waals surface area contributed by atoms with Crippen molar-refractivity contribution in [2.45, 2.75) is 17.6 Å². The Bertz CT molecular complexity index is 834. The first kappa shape index (κ1) is 19.5. The van der Waals surface area contributed by atoms with E-state index in [1.165, 1.54) is 42.5 Å². The Kier molecular flexibility index (Phi) is 7.04. The van der Waals surface area contributed by atoms with Crippen LogP contribution in [0.2, 0.25) is 0 Å². The summed E-state index contributed by atoms with van der Waals surface area (Å²) in [6.07, 6.45) is 0. The lowest BCUT2D eigenvalue weighted by Gasteiger charge is -2.08. The van der Waals surface area contributed by atoms with Gasteiger partial charge in [0, 0.05) is 18.1 Å². The molecule has 0 aliphatic rings. The highest BCUT2D eigenvalue weighted by Crippen LogP contribution is 2.16. The molecule has 2 aromatic carbocycles. The molecule has 0 amide bonds. The number of hydrogen-bond acceptors (Lipinski definition) is 5. The maximum Gasteiger partial charge on any atom is 0.337 e. The van der Waals surface area contributed by atoms with Gasteiger partial charge in [0.15, 0.2) is 0 Å². The Morgan fingerprint density at radius 2 is 1.92 bits per heavy atom.